The molecule has 0 aliphatic rings. The molecule has 0 saturated carbocycles. The molecule has 0 radical (unpaired) electrons. The largest absolute Gasteiger partial charge is 0.0988 e. The van der Waals surface area contributed by atoms with E-state index >= 15 is 0 Å². The van der Waals surface area contributed by atoms with Gasteiger partial charge in [0.15, 0.2) is 0 Å². The van der Waals surface area contributed by atoms with Crippen molar-refractivity contribution >= 4 is 12.2 Å². The summed E-state index contributed by atoms with van der Waals surface area (Å²) < 4.78 is 0. The summed E-state index contributed by atoms with van der Waals surface area (Å²) >= 11 is 0. The van der Waals surface area contributed by atoms with Gasteiger partial charge in [0, 0.05) is 0 Å². The lowest BCUT2D eigenvalue weighted by Gasteiger charge is -1.96. The van der Waals surface area contributed by atoms with E-state index in [1.54, 1.807) is 0 Å². The molecule has 12 heavy (non-hydrogen) atoms. The minimum Gasteiger partial charge on any atom is -0.0988 e. The predicted molar refractivity (Wildman–Crippen MR) is 55.2 cm³/mol. The SMILES string of the molecule is C=C/C(C)=c1/cccc(C)c1=C. The lowest BCUT2D eigenvalue weighted by Crippen LogP contribution is -2.26. The molecular formula is C12H14. The third kappa shape index (κ3) is 1.48. The quantitative estimate of drug-likeness (QED) is 0.584. The summed E-state index contributed by atoms with van der Waals surface area (Å²) in [7, 11) is 0. The molecule has 0 unspecified atom stereocenters. The van der Waals surface area contributed by atoms with Crippen LogP contribution in [0.15, 0.2) is 30.9 Å². The topological polar surface area (TPSA) is 0 Å². The molecule has 0 saturated heterocycles. The van der Waals surface area contributed by atoms with Crippen molar-refractivity contribution in [3.63, 3.8) is 0 Å². The van der Waals surface area contributed by atoms with Gasteiger partial charge in [0.1, 0.15) is 0 Å². The van der Waals surface area contributed by atoms with Gasteiger partial charge in [0.2, 0.25) is 0 Å². The van der Waals surface area contributed by atoms with Crippen LogP contribution in [-0.2, 0) is 0 Å². The average molecular weight is 158 g/mol. The molecule has 1 aromatic carbocycles. The molecule has 0 nitrogen and oxygen atoms in total. The fourth-order valence-corrected chi connectivity index (χ4v) is 1.18. The Kier molecular flexibility index (Phi) is 2.49. The highest BCUT2D eigenvalue weighted by molar-refractivity contribution is 5.53. The summed E-state index contributed by atoms with van der Waals surface area (Å²) in [6.45, 7) is 11.9. The van der Waals surface area contributed by atoms with Crippen molar-refractivity contribution in [3.8, 4) is 0 Å². The lowest BCUT2D eigenvalue weighted by molar-refractivity contribution is 1.36. The second-order valence-electron chi connectivity index (χ2n) is 2.99. The summed E-state index contributed by atoms with van der Waals surface area (Å²) in [5.41, 5.74) is 2.41. The molecule has 62 valence electrons. The van der Waals surface area contributed by atoms with Crippen LogP contribution >= 0.6 is 0 Å². The van der Waals surface area contributed by atoms with Crippen LogP contribution in [0.25, 0.3) is 12.2 Å². The fourth-order valence-electron chi connectivity index (χ4n) is 1.18. The summed E-state index contributed by atoms with van der Waals surface area (Å²) in [6, 6.07) is 6.20. The van der Waals surface area contributed by atoms with Gasteiger partial charge in [0.25, 0.3) is 0 Å². The first-order chi connectivity index (χ1) is 5.66. The van der Waals surface area contributed by atoms with E-state index in [0.717, 1.165) is 5.22 Å². The highest BCUT2D eigenvalue weighted by Crippen LogP contribution is 1.90. The van der Waals surface area contributed by atoms with Gasteiger partial charge in [-0.05, 0) is 35.4 Å². The van der Waals surface area contributed by atoms with Gasteiger partial charge in [-0.15, -0.1) is 0 Å². The van der Waals surface area contributed by atoms with E-state index in [1.165, 1.54) is 16.4 Å². The molecule has 0 heterocycles. The summed E-state index contributed by atoms with van der Waals surface area (Å²) in [5.74, 6) is 0. The molecule has 1 rings (SSSR count). The maximum Gasteiger partial charge on any atom is -0.0158 e. The summed E-state index contributed by atoms with van der Waals surface area (Å²) in [4.78, 5) is 0. The minimum atomic E-state index is 1.11. The van der Waals surface area contributed by atoms with Gasteiger partial charge in [-0.3, -0.25) is 0 Å². The van der Waals surface area contributed by atoms with E-state index < -0.39 is 0 Å². The Morgan fingerprint density at radius 3 is 2.67 bits per heavy atom. The first-order valence-electron chi connectivity index (χ1n) is 4.04. The molecule has 0 amide bonds. The number of aryl methyl sites for hydroxylation is 1. The zero-order valence-electron chi connectivity index (χ0n) is 7.72. The fraction of sp³-hybridized carbons (Fsp3) is 0.167. The smallest absolute Gasteiger partial charge is 0.0158 e. The van der Waals surface area contributed by atoms with Crippen molar-refractivity contribution in [1.82, 2.24) is 0 Å². The van der Waals surface area contributed by atoms with Crippen LogP contribution < -0.4 is 10.4 Å². The van der Waals surface area contributed by atoms with Gasteiger partial charge in [-0.2, -0.15) is 0 Å². The average Bonchev–Trinajstić information content (AvgIpc) is 2.08. The molecule has 0 spiro atoms. The van der Waals surface area contributed by atoms with Crippen LogP contribution in [0.1, 0.15) is 12.5 Å². The molecule has 0 aromatic heterocycles. The van der Waals surface area contributed by atoms with Crippen molar-refractivity contribution in [3.05, 3.63) is 46.9 Å². The number of hydrogen-bond acceptors (Lipinski definition) is 0. The number of benzene rings is 1. The first kappa shape index (κ1) is 8.79. The van der Waals surface area contributed by atoms with Crippen molar-refractivity contribution in [2.24, 2.45) is 0 Å². The van der Waals surface area contributed by atoms with E-state index in [1.807, 2.05) is 12.1 Å². The molecule has 0 aliphatic heterocycles. The molecule has 0 fully saturated rings. The van der Waals surface area contributed by atoms with Gasteiger partial charge < -0.3 is 0 Å². The first-order valence-corrected chi connectivity index (χ1v) is 4.04. The molecule has 0 heteroatoms. The van der Waals surface area contributed by atoms with Gasteiger partial charge in [-0.1, -0.05) is 37.4 Å². The third-order valence-electron chi connectivity index (χ3n) is 2.14. The van der Waals surface area contributed by atoms with Crippen LogP contribution in [0.2, 0.25) is 0 Å². The standard InChI is InChI=1S/C12H14/c1-5-9(2)12-8-6-7-10(3)11(12)4/h5-8H,1,4H2,2-3H3/b12-9-. The van der Waals surface area contributed by atoms with Crippen LogP contribution in [0, 0.1) is 6.92 Å². The number of hydrogen-bond donors (Lipinski definition) is 0. The monoisotopic (exact) mass is 158 g/mol. The number of allylic oxidation sites excluding steroid dienone is 1. The highest BCUT2D eigenvalue weighted by atomic mass is 13.9. The normalized spacial score (nSPS) is 12.5. The van der Waals surface area contributed by atoms with E-state index in [-0.39, 0.29) is 0 Å². The summed E-state index contributed by atoms with van der Waals surface area (Å²) in [5, 5.41) is 2.31. The summed E-state index contributed by atoms with van der Waals surface area (Å²) in [6.07, 6.45) is 1.86. The number of rotatable bonds is 1. The molecule has 0 N–H and O–H groups in total. The molecule has 0 atom stereocenters. The lowest BCUT2D eigenvalue weighted by atomic mass is 10.1. The van der Waals surface area contributed by atoms with E-state index in [2.05, 4.69) is 39.1 Å². The molecule has 1 aromatic rings. The van der Waals surface area contributed by atoms with Crippen LogP contribution in [0.4, 0.5) is 0 Å². The van der Waals surface area contributed by atoms with Crippen LogP contribution in [0.3, 0.4) is 0 Å². The zero-order valence-corrected chi connectivity index (χ0v) is 7.72. The van der Waals surface area contributed by atoms with Crippen molar-refractivity contribution in [1.29, 1.82) is 0 Å². The van der Waals surface area contributed by atoms with Crippen molar-refractivity contribution < 1.29 is 0 Å². The van der Waals surface area contributed by atoms with Gasteiger partial charge in [-0.25, -0.2) is 0 Å². The Bertz CT molecular complexity index is 397. The van der Waals surface area contributed by atoms with Crippen molar-refractivity contribution in [2.75, 3.05) is 0 Å². The Morgan fingerprint density at radius 2 is 2.08 bits per heavy atom. The predicted octanol–water partition coefficient (Wildman–Crippen LogP) is 1.76. The molecule has 0 aliphatic carbocycles. The van der Waals surface area contributed by atoms with Crippen LogP contribution in [0.5, 0.6) is 0 Å². The molecular weight excluding hydrogens is 144 g/mol. The second-order valence-corrected chi connectivity index (χ2v) is 2.99. The van der Waals surface area contributed by atoms with Crippen molar-refractivity contribution in [2.45, 2.75) is 13.8 Å². The van der Waals surface area contributed by atoms with E-state index in [4.69, 9.17) is 0 Å². The maximum absolute atomic E-state index is 4.02. The Morgan fingerprint density at radius 1 is 1.42 bits per heavy atom. The van der Waals surface area contributed by atoms with Crippen LogP contribution in [-0.4, -0.2) is 0 Å². The maximum atomic E-state index is 4.02. The van der Waals surface area contributed by atoms with E-state index in [9.17, 15) is 0 Å². The third-order valence-corrected chi connectivity index (χ3v) is 2.14. The Balaban J connectivity index is 3.67. The van der Waals surface area contributed by atoms with E-state index in [0.29, 0.717) is 0 Å². The zero-order chi connectivity index (χ0) is 9.14. The minimum absolute atomic E-state index is 1.11. The Hall–Kier alpha value is -1.30. The highest BCUT2D eigenvalue weighted by Gasteiger charge is 1.89. The Labute approximate surface area is 73.6 Å². The van der Waals surface area contributed by atoms with Gasteiger partial charge in [0.05, 0.1) is 0 Å². The van der Waals surface area contributed by atoms with Gasteiger partial charge >= 0.3 is 0 Å². The second kappa shape index (κ2) is 3.40. The molecule has 0 bridgehead atoms.